The van der Waals surface area contributed by atoms with E-state index >= 15 is 0 Å². The summed E-state index contributed by atoms with van der Waals surface area (Å²) in [6.45, 7) is 8.94. The van der Waals surface area contributed by atoms with Gasteiger partial charge in [-0.3, -0.25) is 5.41 Å². The highest BCUT2D eigenvalue weighted by Gasteiger charge is 2.27. The Morgan fingerprint density at radius 1 is 0.923 bits per heavy atom. The molecule has 2 nitrogen and oxygen atoms in total. The van der Waals surface area contributed by atoms with E-state index in [0.29, 0.717) is 11.6 Å². The maximum absolute atomic E-state index is 8.89. The number of hydrogen-bond donors (Lipinski definition) is 1. The number of nitrogens with zero attached hydrogens (tertiary/aromatic N) is 1. The predicted octanol–water partition coefficient (Wildman–Crippen LogP) is 5.93. The molecule has 2 heteroatoms. The molecule has 1 aliphatic carbocycles. The lowest BCUT2D eigenvalue weighted by Crippen LogP contribution is -2.13. The van der Waals surface area contributed by atoms with Crippen molar-refractivity contribution in [3.05, 3.63) is 81.9 Å². The standard InChI is InChI=1S/C24H28N2/c1-15-16(2)18(4)23(17(15)3)21-13-12-20(26(5)6)14-22(21)24(25)19-10-8-7-9-11-19/h7-14,17,25H,1-6H3. The molecule has 0 aliphatic heterocycles. The monoisotopic (exact) mass is 344 g/mol. The Kier molecular flexibility index (Phi) is 4.86. The Labute approximate surface area is 157 Å². The third kappa shape index (κ3) is 3.01. The molecular formula is C24H28N2. The zero-order valence-corrected chi connectivity index (χ0v) is 16.6. The summed E-state index contributed by atoms with van der Waals surface area (Å²) in [5.41, 5.74) is 10.4. The molecule has 0 amide bonds. The zero-order chi connectivity index (χ0) is 19.0. The first kappa shape index (κ1) is 18.2. The van der Waals surface area contributed by atoms with Crippen LogP contribution in [0.5, 0.6) is 0 Å². The van der Waals surface area contributed by atoms with Gasteiger partial charge in [0.15, 0.2) is 0 Å². The van der Waals surface area contributed by atoms with Gasteiger partial charge >= 0.3 is 0 Å². The SMILES string of the molecule is CC1=C(C)C(C)C(c2ccc(N(C)C)cc2C(=N)c2ccccc2)=C1C. The number of hydrogen-bond acceptors (Lipinski definition) is 2. The minimum atomic E-state index is 0.391. The van der Waals surface area contributed by atoms with E-state index in [-0.39, 0.29) is 0 Å². The van der Waals surface area contributed by atoms with Gasteiger partial charge in [-0.25, -0.2) is 0 Å². The van der Waals surface area contributed by atoms with Crippen LogP contribution in [-0.2, 0) is 0 Å². The number of rotatable bonds is 4. The maximum atomic E-state index is 8.89. The van der Waals surface area contributed by atoms with Gasteiger partial charge in [-0.2, -0.15) is 0 Å². The Morgan fingerprint density at radius 3 is 2.12 bits per heavy atom. The smallest absolute Gasteiger partial charge is 0.0691 e. The fourth-order valence-electron chi connectivity index (χ4n) is 3.81. The molecule has 1 unspecified atom stereocenters. The van der Waals surface area contributed by atoms with E-state index in [1.54, 1.807) is 0 Å². The molecule has 0 radical (unpaired) electrons. The van der Waals surface area contributed by atoms with E-state index in [0.717, 1.165) is 16.8 Å². The summed E-state index contributed by atoms with van der Waals surface area (Å²) in [7, 11) is 4.09. The van der Waals surface area contributed by atoms with Crippen molar-refractivity contribution < 1.29 is 0 Å². The van der Waals surface area contributed by atoms with Gasteiger partial charge in [-0.1, -0.05) is 48.9 Å². The fraction of sp³-hybridized carbons (Fsp3) is 0.292. The lowest BCUT2D eigenvalue weighted by molar-refractivity contribution is 0.894. The van der Waals surface area contributed by atoms with Crippen LogP contribution in [0.2, 0.25) is 0 Å². The van der Waals surface area contributed by atoms with Crippen molar-refractivity contribution in [1.29, 1.82) is 5.41 Å². The van der Waals surface area contributed by atoms with Crippen LogP contribution >= 0.6 is 0 Å². The van der Waals surface area contributed by atoms with E-state index in [9.17, 15) is 0 Å². The highest BCUT2D eigenvalue weighted by molar-refractivity contribution is 6.14. The van der Waals surface area contributed by atoms with Crippen LogP contribution in [0.3, 0.4) is 0 Å². The fourth-order valence-corrected chi connectivity index (χ4v) is 3.81. The van der Waals surface area contributed by atoms with Crippen LogP contribution in [0.15, 0.2) is 65.3 Å². The summed E-state index contributed by atoms with van der Waals surface area (Å²) in [5.74, 6) is 0.391. The highest BCUT2D eigenvalue weighted by Crippen LogP contribution is 2.44. The second-order valence-electron chi connectivity index (χ2n) is 7.43. The molecule has 134 valence electrons. The third-order valence-electron chi connectivity index (χ3n) is 5.78. The molecule has 0 bridgehead atoms. The summed E-state index contributed by atoms with van der Waals surface area (Å²) in [5, 5.41) is 8.89. The summed E-state index contributed by atoms with van der Waals surface area (Å²) in [6, 6.07) is 16.5. The van der Waals surface area contributed by atoms with E-state index < -0.39 is 0 Å². The van der Waals surface area contributed by atoms with Crippen LogP contribution in [0, 0.1) is 11.3 Å². The Balaban J connectivity index is 2.20. The molecule has 0 heterocycles. The van der Waals surface area contributed by atoms with Gasteiger partial charge in [0.25, 0.3) is 0 Å². The molecule has 0 spiro atoms. The molecule has 2 aromatic rings. The summed E-state index contributed by atoms with van der Waals surface area (Å²) >= 11 is 0. The van der Waals surface area contributed by atoms with Crippen LogP contribution in [0.1, 0.15) is 44.4 Å². The van der Waals surface area contributed by atoms with E-state index in [1.807, 2.05) is 44.4 Å². The molecule has 3 rings (SSSR count). The Bertz CT molecular complexity index is 914. The van der Waals surface area contributed by atoms with Crippen LogP contribution in [0.4, 0.5) is 5.69 Å². The van der Waals surface area contributed by atoms with Crippen molar-refractivity contribution in [2.45, 2.75) is 27.7 Å². The molecule has 0 aromatic heterocycles. The van der Waals surface area contributed by atoms with Crippen molar-refractivity contribution in [3.63, 3.8) is 0 Å². The first-order chi connectivity index (χ1) is 12.3. The average molecular weight is 345 g/mol. The van der Waals surface area contributed by atoms with Crippen molar-refractivity contribution in [2.24, 2.45) is 5.92 Å². The summed E-state index contributed by atoms with van der Waals surface area (Å²) in [4.78, 5) is 2.10. The quantitative estimate of drug-likeness (QED) is 0.684. The van der Waals surface area contributed by atoms with Gasteiger partial charge in [0, 0.05) is 36.8 Å². The molecule has 26 heavy (non-hydrogen) atoms. The molecule has 0 saturated heterocycles. The van der Waals surface area contributed by atoms with Gasteiger partial charge in [0.1, 0.15) is 0 Å². The molecule has 2 aromatic carbocycles. The van der Waals surface area contributed by atoms with Crippen LogP contribution < -0.4 is 4.90 Å². The van der Waals surface area contributed by atoms with Gasteiger partial charge in [-0.15, -0.1) is 0 Å². The average Bonchev–Trinajstić information content (AvgIpc) is 2.84. The summed E-state index contributed by atoms with van der Waals surface area (Å²) < 4.78 is 0. The molecule has 0 saturated carbocycles. The maximum Gasteiger partial charge on any atom is 0.0691 e. The molecule has 1 atom stereocenters. The van der Waals surface area contributed by atoms with E-state index in [1.165, 1.54) is 27.9 Å². The van der Waals surface area contributed by atoms with Gasteiger partial charge in [-0.05, 0) is 55.2 Å². The predicted molar refractivity (Wildman–Crippen MR) is 113 cm³/mol. The summed E-state index contributed by atoms with van der Waals surface area (Å²) in [6.07, 6.45) is 0. The number of anilines is 1. The molecular weight excluding hydrogens is 316 g/mol. The minimum absolute atomic E-state index is 0.391. The lowest BCUT2D eigenvalue weighted by atomic mass is 9.86. The Hall–Kier alpha value is -2.61. The molecule has 0 fully saturated rings. The number of nitrogens with one attached hydrogen (secondary N) is 1. The largest absolute Gasteiger partial charge is 0.378 e. The zero-order valence-electron chi connectivity index (χ0n) is 16.6. The van der Waals surface area contributed by atoms with Crippen LogP contribution in [0.25, 0.3) is 5.57 Å². The first-order valence-electron chi connectivity index (χ1n) is 9.17. The Morgan fingerprint density at radius 2 is 1.58 bits per heavy atom. The number of allylic oxidation sites excluding steroid dienone is 4. The van der Waals surface area contributed by atoms with Gasteiger partial charge < -0.3 is 4.90 Å². The van der Waals surface area contributed by atoms with Crippen molar-refractivity contribution in [1.82, 2.24) is 0 Å². The highest BCUT2D eigenvalue weighted by atomic mass is 15.1. The lowest BCUT2D eigenvalue weighted by Gasteiger charge is -2.21. The molecule has 1 N–H and O–H groups in total. The third-order valence-corrected chi connectivity index (χ3v) is 5.78. The van der Waals surface area contributed by atoms with Crippen molar-refractivity contribution >= 4 is 17.0 Å². The minimum Gasteiger partial charge on any atom is -0.378 e. The van der Waals surface area contributed by atoms with Crippen molar-refractivity contribution in [3.8, 4) is 0 Å². The van der Waals surface area contributed by atoms with E-state index in [4.69, 9.17) is 5.41 Å². The normalized spacial score (nSPS) is 17.1. The second kappa shape index (κ2) is 6.95. The number of benzene rings is 2. The van der Waals surface area contributed by atoms with Crippen LogP contribution in [-0.4, -0.2) is 19.8 Å². The van der Waals surface area contributed by atoms with Gasteiger partial charge in [0.05, 0.1) is 5.71 Å². The van der Waals surface area contributed by atoms with E-state index in [2.05, 4.69) is 50.8 Å². The molecule has 1 aliphatic rings. The topological polar surface area (TPSA) is 27.1 Å². The van der Waals surface area contributed by atoms with Crippen molar-refractivity contribution in [2.75, 3.05) is 19.0 Å². The van der Waals surface area contributed by atoms with Gasteiger partial charge in [0.2, 0.25) is 0 Å². The first-order valence-corrected chi connectivity index (χ1v) is 9.17. The second-order valence-corrected chi connectivity index (χ2v) is 7.43.